The molecule has 0 saturated carbocycles. The van der Waals surface area contributed by atoms with Crippen LogP contribution in [-0.4, -0.2) is 20.7 Å². The Labute approximate surface area is 181 Å². The van der Waals surface area contributed by atoms with Gasteiger partial charge in [-0.25, -0.2) is 13.2 Å². The summed E-state index contributed by atoms with van der Waals surface area (Å²) in [7, 11) is 0. The van der Waals surface area contributed by atoms with Gasteiger partial charge in [0, 0.05) is 29.6 Å². The van der Waals surface area contributed by atoms with E-state index in [0.29, 0.717) is 16.7 Å². The maximum absolute atomic E-state index is 13.3. The minimum Gasteiger partial charge on any atom is -0.416 e. The molecular formula is C23H19F3N4O2. The third-order valence-corrected chi connectivity index (χ3v) is 5.03. The number of carbonyl (C=O) groups is 1. The summed E-state index contributed by atoms with van der Waals surface area (Å²) in [5.41, 5.74) is 3.13. The van der Waals surface area contributed by atoms with E-state index < -0.39 is 11.6 Å². The van der Waals surface area contributed by atoms with Crippen LogP contribution in [0.25, 0.3) is 22.9 Å². The molecule has 0 aliphatic heterocycles. The van der Waals surface area contributed by atoms with E-state index in [2.05, 4.69) is 15.5 Å². The number of benzene rings is 2. The van der Waals surface area contributed by atoms with Crippen molar-refractivity contribution in [1.29, 1.82) is 0 Å². The minimum absolute atomic E-state index is 0.00439. The first-order valence-electron chi connectivity index (χ1n) is 9.78. The quantitative estimate of drug-likeness (QED) is 0.477. The van der Waals surface area contributed by atoms with Crippen LogP contribution in [0.4, 0.5) is 13.2 Å². The second-order valence-corrected chi connectivity index (χ2v) is 7.34. The van der Waals surface area contributed by atoms with Gasteiger partial charge in [0.05, 0.1) is 5.56 Å². The first-order valence-corrected chi connectivity index (χ1v) is 9.78. The number of aromatic nitrogens is 3. The molecule has 2 aromatic carbocycles. The van der Waals surface area contributed by atoms with Gasteiger partial charge in [0.15, 0.2) is 0 Å². The normalized spacial score (nSPS) is 11.0. The molecule has 2 aromatic heterocycles. The van der Waals surface area contributed by atoms with Gasteiger partial charge in [0.1, 0.15) is 24.0 Å². The lowest BCUT2D eigenvalue weighted by atomic mass is 10.2. The van der Waals surface area contributed by atoms with Crippen molar-refractivity contribution < 1.29 is 22.4 Å². The number of rotatable bonds is 6. The number of amides is 1. The predicted octanol–water partition coefficient (Wildman–Crippen LogP) is 4.56. The maximum Gasteiger partial charge on any atom is 0.249 e. The second-order valence-electron chi connectivity index (χ2n) is 7.34. The van der Waals surface area contributed by atoms with Crippen LogP contribution in [0.3, 0.4) is 0 Å². The van der Waals surface area contributed by atoms with E-state index in [1.807, 2.05) is 19.9 Å². The molecule has 32 heavy (non-hydrogen) atoms. The summed E-state index contributed by atoms with van der Waals surface area (Å²) in [5.74, 6) is -1.55. The standard InChI is InChI=1S/C23H19F3N4O2/c1-13-7-20(23-29-28-22(32-23)16-3-5-17(24)6-4-16)14(2)30(13)12-21(31)27-11-15-8-18(25)10-19(26)9-15/h3-10H,11-12H2,1-2H3,(H,27,31). The third kappa shape index (κ3) is 4.56. The van der Waals surface area contributed by atoms with Crippen LogP contribution in [0.15, 0.2) is 52.9 Å². The Kier molecular flexibility index (Phi) is 5.81. The average Bonchev–Trinajstić information content (AvgIpc) is 3.33. The number of hydrogen-bond donors (Lipinski definition) is 1. The zero-order valence-corrected chi connectivity index (χ0v) is 17.3. The molecule has 4 aromatic rings. The van der Waals surface area contributed by atoms with Gasteiger partial charge in [-0.2, -0.15) is 0 Å². The molecule has 0 atom stereocenters. The van der Waals surface area contributed by atoms with E-state index >= 15 is 0 Å². The summed E-state index contributed by atoms with van der Waals surface area (Å²) in [5, 5.41) is 10.8. The molecule has 9 heteroatoms. The molecule has 0 unspecified atom stereocenters. The Morgan fingerprint density at radius 3 is 2.28 bits per heavy atom. The Hall–Kier alpha value is -3.88. The molecule has 6 nitrogen and oxygen atoms in total. The zero-order valence-electron chi connectivity index (χ0n) is 17.3. The molecule has 2 heterocycles. The van der Waals surface area contributed by atoms with Gasteiger partial charge in [0.2, 0.25) is 17.7 Å². The second kappa shape index (κ2) is 8.70. The molecule has 0 saturated heterocycles. The first-order chi connectivity index (χ1) is 15.3. The van der Waals surface area contributed by atoms with Crippen molar-refractivity contribution in [2.45, 2.75) is 26.9 Å². The molecule has 0 spiro atoms. The van der Waals surface area contributed by atoms with Crippen molar-refractivity contribution in [3.63, 3.8) is 0 Å². The van der Waals surface area contributed by atoms with Gasteiger partial charge < -0.3 is 14.3 Å². The molecular weight excluding hydrogens is 421 g/mol. The van der Waals surface area contributed by atoms with Gasteiger partial charge in [0.25, 0.3) is 0 Å². The van der Waals surface area contributed by atoms with Crippen LogP contribution in [0.5, 0.6) is 0 Å². The Morgan fingerprint density at radius 2 is 1.59 bits per heavy atom. The van der Waals surface area contributed by atoms with Gasteiger partial charge in [-0.3, -0.25) is 4.79 Å². The van der Waals surface area contributed by atoms with Crippen LogP contribution < -0.4 is 5.32 Å². The van der Waals surface area contributed by atoms with Crippen molar-refractivity contribution in [1.82, 2.24) is 20.1 Å². The first kappa shape index (κ1) is 21.4. The van der Waals surface area contributed by atoms with Gasteiger partial charge in [-0.05, 0) is 61.9 Å². The monoisotopic (exact) mass is 440 g/mol. The number of hydrogen-bond acceptors (Lipinski definition) is 4. The molecule has 0 fully saturated rings. The number of nitrogens with one attached hydrogen (secondary N) is 1. The summed E-state index contributed by atoms with van der Waals surface area (Å²) >= 11 is 0. The fraction of sp³-hybridized carbons (Fsp3) is 0.174. The molecule has 0 aliphatic carbocycles. The topological polar surface area (TPSA) is 73.0 Å². The summed E-state index contributed by atoms with van der Waals surface area (Å²) in [4.78, 5) is 12.4. The molecule has 0 aliphatic rings. The SMILES string of the molecule is Cc1cc(-c2nnc(-c3ccc(F)cc3)o2)c(C)n1CC(=O)NCc1cc(F)cc(F)c1. The van der Waals surface area contributed by atoms with Crippen LogP contribution in [0.1, 0.15) is 17.0 Å². The molecule has 0 bridgehead atoms. The zero-order chi connectivity index (χ0) is 22.8. The molecule has 1 N–H and O–H groups in total. The largest absolute Gasteiger partial charge is 0.416 e. The highest BCUT2D eigenvalue weighted by molar-refractivity contribution is 5.76. The fourth-order valence-corrected chi connectivity index (χ4v) is 3.42. The Morgan fingerprint density at radius 1 is 0.938 bits per heavy atom. The van der Waals surface area contributed by atoms with Crippen molar-refractivity contribution in [2.24, 2.45) is 0 Å². The van der Waals surface area contributed by atoms with E-state index in [-0.39, 0.29) is 36.6 Å². The van der Waals surface area contributed by atoms with Gasteiger partial charge in [-0.1, -0.05) is 0 Å². The molecule has 1 amide bonds. The van der Waals surface area contributed by atoms with Crippen LogP contribution >= 0.6 is 0 Å². The minimum atomic E-state index is -0.699. The smallest absolute Gasteiger partial charge is 0.249 e. The fourth-order valence-electron chi connectivity index (χ4n) is 3.42. The molecule has 0 radical (unpaired) electrons. The highest BCUT2D eigenvalue weighted by Gasteiger charge is 2.18. The lowest BCUT2D eigenvalue weighted by molar-refractivity contribution is -0.121. The lowest BCUT2D eigenvalue weighted by Crippen LogP contribution is -2.28. The highest BCUT2D eigenvalue weighted by atomic mass is 19.1. The van der Waals surface area contributed by atoms with Crippen molar-refractivity contribution in [2.75, 3.05) is 0 Å². The van der Waals surface area contributed by atoms with Gasteiger partial charge >= 0.3 is 0 Å². The van der Waals surface area contributed by atoms with E-state index in [4.69, 9.17) is 4.42 Å². The summed E-state index contributed by atoms with van der Waals surface area (Å²) < 4.78 is 47.3. The Bertz CT molecular complexity index is 1260. The maximum atomic E-state index is 13.3. The highest BCUT2D eigenvalue weighted by Crippen LogP contribution is 2.28. The van der Waals surface area contributed by atoms with Crippen LogP contribution in [0, 0.1) is 31.3 Å². The average molecular weight is 440 g/mol. The molecule has 164 valence electrons. The summed E-state index contributed by atoms with van der Waals surface area (Å²) in [6.45, 7) is 3.67. The van der Waals surface area contributed by atoms with Crippen LogP contribution in [0.2, 0.25) is 0 Å². The number of nitrogens with zero attached hydrogens (tertiary/aromatic N) is 3. The number of carbonyl (C=O) groups excluding carboxylic acids is 1. The van der Waals surface area contributed by atoms with Crippen molar-refractivity contribution in [3.8, 4) is 22.9 Å². The van der Waals surface area contributed by atoms with E-state index in [1.54, 1.807) is 16.7 Å². The van der Waals surface area contributed by atoms with Crippen LogP contribution in [-0.2, 0) is 17.9 Å². The molecule has 4 rings (SSSR count). The predicted molar refractivity (Wildman–Crippen MR) is 111 cm³/mol. The van der Waals surface area contributed by atoms with E-state index in [0.717, 1.165) is 17.5 Å². The van der Waals surface area contributed by atoms with Crippen molar-refractivity contribution in [3.05, 3.63) is 82.9 Å². The summed E-state index contributed by atoms with van der Waals surface area (Å²) in [6, 6.07) is 10.6. The third-order valence-electron chi connectivity index (χ3n) is 5.03. The van der Waals surface area contributed by atoms with E-state index in [9.17, 15) is 18.0 Å². The summed E-state index contributed by atoms with van der Waals surface area (Å²) in [6.07, 6.45) is 0. The van der Waals surface area contributed by atoms with Gasteiger partial charge in [-0.15, -0.1) is 10.2 Å². The number of halogens is 3. The lowest BCUT2D eigenvalue weighted by Gasteiger charge is -2.10. The van der Waals surface area contributed by atoms with Crippen molar-refractivity contribution >= 4 is 5.91 Å². The number of aryl methyl sites for hydroxylation is 1. The van der Waals surface area contributed by atoms with E-state index in [1.165, 1.54) is 24.3 Å². The Balaban J connectivity index is 1.48.